The van der Waals surface area contributed by atoms with Gasteiger partial charge in [0.1, 0.15) is 6.04 Å². The van der Waals surface area contributed by atoms with Crippen molar-refractivity contribution in [3.05, 3.63) is 0 Å². The fourth-order valence-corrected chi connectivity index (χ4v) is 3.38. The molecule has 5 nitrogen and oxygen atoms in total. The van der Waals surface area contributed by atoms with Crippen molar-refractivity contribution in [3.8, 4) is 0 Å². The predicted octanol–water partition coefficient (Wildman–Crippen LogP) is 1.98. The average Bonchev–Trinajstić information content (AvgIpc) is 2.79. The molecule has 104 valence electrons. The van der Waals surface area contributed by atoms with E-state index in [-0.39, 0.29) is 12.1 Å². The molecule has 0 bridgehead atoms. The third kappa shape index (κ3) is 3.54. The number of carbonyl (C=O) groups is 2. The summed E-state index contributed by atoms with van der Waals surface area (Å²) in [5.41, 5.74) is 0. The molecule has 0 aromatic heterocycles. The van der Waals surface area contributed by atoms with Crippen molar-refractivity contribution in [1.29, 1.82) is 0 Å². The predicted molar refractivity (Wildman–Crippen MR) is 72.7 cm³/mol. The Morgan fingerprint density at radius 1 is 1.44 bits per heavy atom. The van der Waals surface area contributed by atoms with Gasteiger partial charge in [0.15, 0.2) is 0 Å². The van der Waals surface area contributed by atoms with Gasteiger partial charge in [-0.25, -0.2) is 9.59 Å². The summed E-state index contributed by atoms with van der Waals surface area (Å²) < 4.78 is 0. The highest BCUT2D eigenvalue weighted by atomic mass is 32.2. The maximum Gasteiger partial charge on any atom is 0.327 e. The summed E-state index contributed by atoms with van der Waals surface area (Å²) in [6, 6.07) is -0.872. The number of nitrogens with zero attached hydrogens (tertiary/aromatic N) is 1. The van der Waals surface area contributed by atoms with Gasteiger partial charge in [-0.15, -0.1) is 11.8 Å². The lowest BCUT2D eigenvalue weighted by atomic mass is 9.96. The normalized spacial score (nSPS) is 21.1. The zero-order valence-corrected chi connectivity index (χ0v) is 12.0. The molecule has 2 atom stereocenters. The van der Waals surface area contributed by atoms with E-state index in [1.165, 1.54) is 16.7 Å². The van der Waals surface area contributed by atoms with Gasteiger partial charge in [-0.1, -0.05) is 26.7 Å². The van der Waals surface area contributed by atoms with Crippen molar-refractivity contribution in [2.75, 3.05) is 11.6 Å². The molecule has 0 radical (unpaired) electrons. The molecule has 6 heteroatoms. The van der Waals surface area contributed by atoms with Crippen LogP contribution in [0.2, 0.25) is 0 Å². The highest BCUT2D eigenvalue weighted by Gasteiger charge is 2.35. The first-order chi connectivity index (χ1) is 8.51. The molecular weight excluding hydrogens is 252 g/mol. The molecule has 2 unspecified atom stereocenters. The highest BCUT2D eigenvalue weighted by molar-refractivity contribution is 7.99. The Morgan fingerprint density at radius 3 is 2.56 bits per heavy atom. The van der Waals surface area contributed by atoms with Crippen molar-refractivity contribution in [3.63, 3.8) is 0 Å². The minimum atomic E-state index is -0.926. The standard InChI is InChI=1S/C12H22N2O3S/c1-4-9(5-2)8(3)13-12(17)14-7-18-6-10(14)11(15)16/h8-10H,4-7H2,1-3H3,(H,13,17)(H,15,16). The smallest absolute Gasteiger partial charge is 0.327 e. The first-order valence-electron chi connectivity index (χ1n) is 6.38. The van der Waals surface area contributed by atoms with E-state index in [9.17, 15) is 9.59 Å². The number of carboxylic acid groups (broad SMARTS) is 1. The maximum absolute atomic E-state index is 12.0. The van der Waals surface area contributed by atoms with Crippen LogP contribution in [0.1, 0.15) is 33.6 Å². The second-order valence-electron chi connectivity index (χ2n) is 4.64. The molecule has 0 aliphatic carbocycles. The van der Waals surface area contributed by atoms with Crippen molar-refractivity contribution in [2.45, 2.75) is 45.7 Å². The Kier molecular flexibility index (Phi) is 5.78. The van der Waals surface area contributed by atoms with Gasteiger partial charge in [-0.05, 0) is 12.8 Å². The molecular formula is C12H22N2O3S. The van der Waals surface area contributed by atoms with E-state index >= 15 is 0 Å². The number of thioether (sulfide) groups is 1. The molecule has 18 heavy (non-hydrogen) atoms. The minimum Gasteiger partial charge on any atom is -0.480 e. The minimum absolute atomic E-state index is 0.0764. The van der Waals surface area contributed by atoms with Crippen molar-refractivity contribution < 1.29 is 14.7 Å². The van der Waals surface area contributed by atoms with E-state index < -0.39 is 12.0 Å². The second-order valence-corrected chi connectivity index (χ2v) is 5.64. The van der Waals surface area contributed by atoms with Gasteiger partial charge in [0, 0.05) is 11.8 Å². The molecule has 1 aliphatic rings. The van der Waals surface area contributed by atoms with Crippen LogP contribution < -0.4 is 5.32 Å². The summed E-state index contributed by atoms with van der Waals surface area (Å²) in [6.45, 7) is 6.18. The van der Waals surface area contributed by atoms with E-state index in [4.69, 9.17) is 5.11 Å². The molecule has 1 fully saturated rings. The number of hydrogen-bond donors (Lipinski definition) is 2. The lowest BCUT2D eigenvalue weighted by Crippen LogP contribution is -2.50. The number of hydrogen-bond acceptors (Lipinski definition) is 3. The molecule has 1 aliphatic heterocycles. The second kappa shape index (κ2) is 6.87. The van der Waals surface area contributed by atoms with Crippen LogP contribution in [0, 0.1) is 5.92 Å². The van der Waals surface area contributed by atoms with Crippen LogP contribution >= 0.6 is 11.8 Å². The van der Waals surface area contributed by atoms with Gasteiger partial charge < -0.3 is 15.3 Å². The number of carbonyl (C=O) groups excluding carboxylic acids is 1. The third-order valence-electron chi connectivity index (χ3n) is 3.54. The first kappa shape index (κ1) is 15.1. The maximum atomic E-state index is 12.0. The first-order valence-corrected chi connectivity index (χ1v) is 7.54. The fourth-order valence-electron chi connectivity index (χ4n) is 2.24. The number of nitrogens with one attached hydrogen (secondary N) is 1. The van der Waals surface area contributed by atoms with Crippen LogP contribution in [-0.4, -0.2) is 45.7 Å². The summed E-state index contributed by atoms with van der Waals surface area (Å²) in [4.78, 5) is 24.5. The Balaban J connectivity index is 2.57. The van der Waals surface area contributed by atoms with Crippen LogP contribution in [0.15, 0.2) is 0 Å². The average molecular weight is 274 g/mol. The van der Waals surface area contributed by atoms with Crippen LogP contribution in [0.3, 0.4) is 0 Å². The van der Waals surface area contributed by atoms with E-state index in [0.29, 0.717) is 17.5 Å². The van der Waals surface area contributed by atoms with Gasteiger partial charge in [-0.2, -0.15) is 0 Å². The molecule has 0 spiro atoms. The molecule has 0 saturated carbocycles. The quantitative estimate of drug-likeness (QED) is 0.804. The molecule has 0 aromatic rings. The molecule has 1 saturated heterocycles. The summed E-state index contributed by atoms with van der Waals surface area (Å²) in [5, 5.41) is 12.0. The van der Waals surface area contributed by atoms with Gasteiger partial charge >= 0.3 is 12.0 Å². The summed E-state index contributed by atoms with van der Waals surface area (Å²) in [6.07, 6.45) is 2.02. The zero-order valence-electron chi connectivity index (χ0n) is 11.2. The lowest BCUT2D eigenvalue weighted by Gasteiger charge is -2.27. The van der Waals surface area contributed by atoms with E-state index in [0.717, 1.165) is 12.8 Å². The van der Waals surface area contributed by atoms with Gasteiger partial charge in [0.25, 0.3) is 0 Å². The van der Waals surface area contributed by atoms with Crippen LogP contribution in [-0.2, 0) is 4.79 Å². The molecule has 2 amide bonds. The Labute approximate surface area is 112 Å². The number of carboxylic acids is 1. The zero-order chi connectivity index (χ0) is 13.7. The van der Waals surface area contributed by atoms with Gasteiger partial charge in [-0.3, -0.25) is 0 Å². The summed E-state index contributed by atoms with van der Waals surface area (Å²) in [7, 11) is 0. The van der Waals surface area contributed by atoms with Crippen LogP contribution in [0.25, 0.3) is 0 Å². The van der Waals surface area contributed by atoms with Crippen LogP contribution in [0.4, 0.5) is 4.79 Å². The molecule has 2 N–H and O–H groups in total. The topological polar surface area (TPSA) is 69.6 Å². The van der Waals surface area contributed by atoms with Gasteiger partial charge in [0.05, 0.1) is 5.88 Å². The summed E-state index contributed by atoms with van der Waals surface area (Å²) in [5.74, 6) is 0.443. The Bertz CT molecular complexity index is 308. The highest BCUT2D eigenvalue weighted by Crippen LogP contribution is 2.21. The van der Waals surface area contributed by atoms with E-state index in [1.54, 1.807) is 0 Å². The number of urea groups is 1. The Hall–Kier alpha value is -0.910. The van der Waals surface area contributed by atoms with Crippen molar-refractivity contribution in [1.82, 2.24) is 10.2 Å². The third-order valence-corrected chi connectivity index (χ3v) is 4.55. The van der Waals surface area contributed by atoms with Crippen LogP contribution in [0.5, 0.6) is 0 Å². The summed E-state index contributed by atoms with van der Waals surface area (Å²) >= 11 is 1.48. The number of aliphatic carboxylic acids is 1. The monoisotopic (exact) mass is 274 g/mol. The number of amides is 2. The molecule has 0 aromatic carbocycles. The SMILES string of the molecule is CCC(CC)C(C)NC(=O)N1CSCC1C(=O)O. The number of rotatable bonds is 5. The Morgan fingerprint density at radius 2 is 2.06 bits per heavy atom. The fraction of sp³-hybridized carbons (Fsp3) is 0.833. The molecule has 1 heterocycles. The van der Waals surface area contributed by atoms with Crippen molar-refractivity contribution >= 4 is 23.8 Å². The van der Waals surface area contributed by atoms with Crippen molar-refractivity contribution in [2.24, 2.45) is 5.92 Å². The molecule has 1 rings (SSSR count). The van der Waals surface area contributed by atoms with E-state index in [1.807, 2.05) is 6.92 Å². The lowest BCUT2D eigenvalue weighted by molar-refractivity contribution is -0.140. The van der Waals surface area contributed by atoms with Gasteiger partial charge in [0.2, 0.25) is 0 Å². The largest absolute Gasteiger partial charge is 0.480 e. The van der Waals surface area contributed by atoms with E-state index in [2.05, 4.69) is 19.2 Å².